The summed E-state index contributed by atoms with van der Waals surface area (Å²) in [6.07, 6.45) is 0. The topological polar surface area (TPSA) is 54.0 Å². The first-order valence-corrected chi connectivity index (χ1v) is 5.72. The molecule has 0 aliphatic carbocycles. The molecule has 0 unspecified atom stereocenters. The standard InChI is InChI=1S/C10H17N3OS/c1-7-12-8(6-15-7)5-11-9(14)13-10(2,3)4/h6H,5H2,1-4H3,(H2,11,13,14). The Morgan fingerprint density at radius 2 is 2.20 bits per heavy atom. The van der Waals surface area contributed by atoms with Crippen molar-refractivity contribution in [2.24, 2.45) is 0 Å². The number of aryl methyl sites for hydroxylation is 1. The highest BCUT2D eigenvalue weighted by atomic mass is 32.1. The first kappa shape index (κ1) is 12.0. The van der Waals surface area contributed by atoms with Crippen molar-refractivity contribution >= 4 is 17.4 Å². The van der Waals surface area contributed by atoms with Crippen molar-refractivity contribution < 1.29 is 4.79 Å². The van der Waals surface area contributed by atoms with Gasteiger partial charge in [-0.2, -0.15) is 0 Å². The zero-order valence-corrected chi connectivity index (χ0v) is 10.4. The Morgan fingerprint density at radius 1 is 1.53 bits per heavy atom. The first-order valence-electron chi connectivity index (χ1n) is 4.84. The zero-order valence-electron chi connectivity index (χ0n) is 9.55. The highest BCUT2D eigenvalue weighted by molar-refractivity contribution is 7.09. The van der Waals surface area contributed by atoms with E-state index < -0.39 is 0 Å². The number of thiazole rings is 1. The van der Waals surface area contributed by atoms with E-state index in [1.165, 1.54) is 0 Å². The summed E-state index contributed by atoms with van der Waals surface area (Å²) in [6.45, 7) is 8.26. The summed E-state index contributed by atoms with van der Waals surface area (Å²) in [6, 6.07) is -0.159. The van der Waals surface area contributed by atoms with Gasteiger partial charge >= 0.3 is 6.03 Å². The van der Waals surface area contributed by atoms with Crippen molar-refractivity contribution in [1.82, 2.24) is 15.6 Å². The molecule has 0 atom stereocenters. The SMILES string of the molecule is Cc1nc(CNC(=O)NC(C)(C)C)cs1. The monoisotopic (exact) mass is 227 g/mol. The molecule has 0 aliphatic rings. The molecule has 5 heteroatoms. The fourth-order valence-corrected chi connectivity index (χ4v) is 1.66. The van der Waals surface area contributed by atoms with Crippen LogP contribution >= 0.6 is 11.3 Å². The maximum Gasteiger partial charge on any atom is 0.315 e. The Labute approximate surface area is 94.1 Å². The lowest BCUT2D eigenvalue weighted by atomic mass is 10.1. The van der Waals surface area contributed by atoms with Gasteiger partial charge in [0.25, 0.3) is 0 Å². The zero-order chi connectivity index (χ0) is 11.5. The molecule has 0 saturated carbocycles. The van der Waals surface area contributed by atoms with Crippen LogP contribution in [0.15, 0.2) is 5.38 Å². The van der Waals surface area contributed by atoms with Gasteiger partial charge in [0, 0.05) is 10.9 Å². The van der Waals surface area contributed by atoms with Crippen LogP contribution in [0.1, 0.15) is 31.5 Å². The van der Waals surface area contributed by atoms with Crippen LogP contribution in [0.4, 0.5) is 4.79 Å². The lowest BCUT2D eigenvalue weighted by molar-refractivity contribution is 0.231. The summed E-state index contributed by atoms with van der Waals surface area (Å²) in [5.41, 5.74) is 0.698. The van der Waals surface area contributed by atoms with E-state index in [-0.39, 0.29) is 11.6 Å². The number of nitrogens with zero attached hydrogens (tertiary/aromatic N) is 1. The van der Waals surface area contributed by atoms with Crippen molar-refractivity contribution in [3.05, 3.63) is 16.1 Å². The molecule has 1 aromatic rings. The molecule has 0 fully saturated rings. The van der Waals surface area contributed by atoms with Crippen LogP contribution in [-0.2, 0) is 6.54 Å². The lowest BCUT2D eigenvalue weighted by Crippen LogP contribution is -2.46. The minimum atomic E-state index is -0.206. The van der Waals surface area contributed by atoms with Gasteiger partial charge in [-0.05, 0) is 27.7 Å². The molecule has 1 rings (SSSR count). The molecule has 0 spiro atoms. The molecule has 0 aromatic carbocycles. The number of amides is 2. The van der Waals surface area contributed by atoms with E-state index in [1.54, 1.807) is 11.3 Å². The van der Waals surface area contributed by atoms with Crippen LogP contribution in [0.5, 0.6) is 0 Å². The number of urea groups is 1. The second kappa shape index (κ2) is 4.61. The second-order valence-corrected chi connectivity index (χ2v) is 5.48. The summed E-state index contributed by atoms with van der Waals surface area (Å²) in [7, 11) is 0. The van der Waals surface area contributed by atoms with E-state index in [1.807, 2.05) is 33.1 Å². The highest BCUT2D eigenvalue weighted by Gasteiger charge is 2.13. The third kappa shape index (κ3) is 4.78. The van der Waals surface area contributed by atoms with Crippen LogP contribution in [0.3, 0.4) is 0 Å². The molecule has 0 bridgehead atoms. The summed E-state index contributed by atoms with van der Waals surface area (Å²) in [5, 5.41) is 8.55. The predicted molar refractivity (Wildman–Crippen MR) is 62.0 cm³/mol. The van der Waals surface area contributed by atoms with Gasteiger partial charge in [-0.3, -0.25) is 0 Å². The first-order chi connectivity index (χ1) is 6.87. The summed E-state index contributed by atoms with van der Waals surface area (Å²) >= 11 is 1.59. The third-order valence-corrected chi connectivity index (χ3v) is 2.41. The fourth-order valence-electron chi connectivity index (χ4n) is 1.05. The van der Waals surface area contributed by atoms with Gasteiger partial charge in [0.05, 0.1) is 17.2 Å². The van der Waals surface area contributed by atoms with Crippen molar-refractivity contribution in [1.29, 1.82) is 0 Å². The van der Waals surface area contributed by atoms with E-state index in [2.05, 4.69) is 15.6 Å². The second-order valence-electron chi connectivity index (χ2n) is 4.42. The summed E-state index contributed by atoms with van der Waals surface area (Å²) < 4.78 is 0. The van der Waals surface area contributed by atoms with Crippen LogP contribution in [-0.4, -0.2) is 16.6 Å². The Bertz CT molecular complexity index is 341. The van der Waals surface area contributed by atoms with Gasteiger partial charge in [-0.15, -0.1) is 11.3 Å². The van der Waals surface area contributed by atoms with Gasteiger partial charge in [-0.25, -0.2) is 9.78 Å². The number of aromatic nitrogens is 1. The molecule has 0 aliphatic heterocycles. The Kier molecular flexibility index (Phi) is 3.68. The van der Waals surface area contributed by atoms with E-state index in [9.17, 15) is 4.79 Å². The quantitative estimate of drug-likeness (QED) is 0.812. The smallest absolute Gasteiger partial charge is 0.315 e. The van der Waals surface area contributed by atoms with Gasteiger partial charge in [0.2, 0.25) is 0 Å². The number of hydrogen-bond acceptors (Lipinski definition) is 3. The molecule has 15 heavy (non-hydrogen) atoms. The number of carbonyl (C=O) groups excluding carboxylic acids is 1. The molecule has 2 amide bonds. The maximum atomic E-state index is 11.4. The normalized spacial score (nSPS) is 11.2. The third-order valence-electron chi connectivity index (χ3n) is 1.59. The molecule has 4 nitrogen and oxygen atoms in total. The molecule has 0 radical (unpaired) electrons. The molecular weight excluding hydrogens is 210 g/mol. The Hall–Kier alpha value is -1.10. The minimum Gasteiger partial charge on any atom is -0.334 e. The predicted octanol–water partition coefficient (Wildman–Crippen LogP) is 2.05. The van der Waals surface area contributed by atoms with E-state index in [0.29, 0.717) is 6.54 Å². The number of nitrogens with one attached hydrogen (secondary N) is 2. The van der Waals surface area contributed by atoms with Gasteiger partial charge in [0.15, 0.2) is 0 Å². The minimum absolute atomic E-state index is 0.159. The number of carbonyl (C=O) groups is 1. The van der Waals surface area contributed by atoms with Crippen molar-refractivity contribution in [2.45, 2.75) is 39.8 Å². The van der Waals surface area contributed by atoms with Gasteiger partial charge < -0.3 is 10.6 Å². The van der Waals surface area contributed by atoms with E-state index in [4.69, 9.17) is 0 Å². The molecule has 2 N–H and O–H groups in total. The Balaban J connectivity index is 2.35. The lowest BCUT2D eigenvalue weighted by Gasteiger charge is -2.20. The average Bonchev–Trinajstić information content (AvgIpc) is 2.45. The summed E-state index contributed by atoms with van der Waals surface area (Å²) in [5.74, 6) is 0. The van der Waals surface area contributed by atoms with Gasteiger partial charge in [0.1, 0.15) is 0 Å². The summed E-state index contributed by atoms with van der Waals surface area (Å²) in [4.78, 5) is 15.6. The van der Waals surface area contributed by atoms with E-state index in [0.717, 1.165) is 10.7 Å². The number of hydrogen-bond donors (Lipinski definition) is 2. The number of rotatable bonds is 2. The van der Waals surface area contributed by atoms with Crippen molar-refractivity contribution in [2.75, 3.05) is 0 Å². The Morgan fingerprint density at radius 3 is 2.67 bits per heavy atom. The van der Waals surface area contributed by atoms with Crippen molar-refractivity contribution in [3.63, 3.8) is 0 Å². The van der Waals surface area contributed by atoms with Crippen LogP contribution in [0.25, 0.3) is 0 Å². The van der Waals surface area contributed by atoms with Crippen LogP contribution < -0.4 is 10.6 Å². The average molecular weight is 227 g/mol. The van der Waals surface area contributed by atoms with E-state index >= 15 is 0 Å². The van der Waals surface area contributed by atoms with Crippen molar-refractivity contribution in [3.8, 4) is 0 Å². The molecule has 1 heterocycles. The molecule has 1 aromatic heterocycles. The maximum absolute atomic E-state index is 11.4. The molecule has 0 saturated heterocycles. The molecule has 84 valence electrons. The van der Waals surface area contributed by atoms with Gasteiger partial charge in [-0.1, -0.05) is 0 Å². The van der Waals surface area contributed by atoms with Crippen LogP contribution in [0, 0.1) is 6.92 Å². The fraction of sp³-hybridized carbons (Fsp3) is 0.600. The highest BCUT2D eigenvalue weighted by Crippen LogP contribution is 2.07. The van der Waals surface area contributed by atoms with Crippen LogP contribution in [0.2, 0.25) is 0 Å². The molecular formula is C10H17N3OS. The largest absolute Gasteiger partial charge is 0.334 e.